The summed E-state index contributed by atoms with van der Waals surface area (Å²) in [5, 5.41) is 9.65. The summed E-state index contributed by atoms with van der Waals surface area (Å²) in [6, 6.07) is 7.04. The molecule has 0 atom stereocenters. The molecule has 3 heterocycles. The smallest absolute Gasteiger partial charge is 0.474 e. The van der Waals surface area contributed by atoms with Crippen molar-refractivity contribution in [2.24, 2.45) is 0 Å². The molecule has 1 N–H and O–H groups in total. The molecule has 0 amide bonds. The number of carboxylic acid groups (broad SMARTS) is 1. The van der Waals surface area contributed by atoms with Crippen LogP contribution >= 0.6 is 11.6 Å². The van der Waals surface area contributed by atoms with E-state index in [1.807, 2.05) is 4.90 Å². The van der Waals surface area contributed by atoms with Crippen LogP contribution in [0.15, 0.2) is 40.9 Å². The fourth-order valence-electron chi connectivity index (χ4n) is 3.43. The molecular weight excluding hydrogens is 441 g/mol. The molecule has 164 valence electrons. The third-order valence-corrected chi connectivity index (χ3v) is 5.31. The highest BCUT2D eigenvalue weighted by Crippen LogP contribution is 2.38. The Morgan fingerprint density at radius 1 is 1.23 bits per heavy atom. The molecule has 0 unspecified atom stereocenters. The Bertz CT molecular complexity index is 1090. The van der Waals surface area contributed by atoms with Crippen molar-refractivity contribution in [3.05, 3.63) is 47.1 Å². The van der Waals surface area contributed by atoms with Crippen molar-refractivity contribution in [2.45, 2.75) is 25.1 Å². The third-order valence-electron chi connectivity index (χ3n) is 4.91. The van der Waals surface area contributed by atoms with Gasteiger partial charge in [-0.2, -0.15) is 13.2 Å². The number of furan rings is 1. The van der Waals surface area contributed by atoms with E-state index in [1.165, 1.54) is 12.1 Å². The predicted molar refractivity (Wildman–Crippen MR) is 105 cm³/mol. The second-order valence-electron chi connectivity index (χ2n) is 6.93. The lowest BCUT2D eigenvalue weighted by atomic mass is 10.1. The van der Waals surface area contributed by atoms with Gasteiger partial charge in [-0.15, -0.1) is 0 Å². The van der Waals surface area contributed by atoms with Crippen LogP contribution in [0.2, 0.25) is 5.02 Å². The van der Waals surface area contributed by atoms with E-state index in [1.54, 1.807) is 12.1 Å². The van der Waals surface area contributed by atoms with Crippen LogP contribution in [-0.2, 0) is 6.18 Å². The van der Waals surface area contributed by atoms with Gasteiger partial charge in [0.25, 0.3) is 5.95 Å². The van der Waals surface area contributed by atoms with Gasteiger partial charge in [-0.1, -0.05) is 11.6 Å². The molecule has 1 fully saturated rings. The molecule has 0 aliphatic carbocycles. The van der Waals surface area contributed by atoms with E-state index in [0.29, 0.717) is 41.9 Å². The van der Waals surface area contributed by atoms with E-state index >= 15 is 0 Å². The van der Waals surface area contributed by atoms with Crippen molar-refractivity contribution >= 4 is 34.4 Å². The van der Waals surface area contributed by atoms with Crippen molar-refractivity contribution in [1.82, 2.24) is 4.98 Å². The van der Waals surface area contributed by atoms with Crippen molar-refractivity contribution in [2.75, 3.05) is 18.0 Å². The SMILES string of the molecule is O=C(O)Oc1cc2c(Cl)c(N3CCC(Oc4ccc(C(F)(F)F)cn4)CC3)ccc2o1. The number of nitrogens with zero attached hydrogens (tertiary/aromatic N) is 2. The van der Waals surface area contributed by atoms with Crippen LogP contribution in [0.5, 0.6) is 11.8 Å². The van der Waals surface area contributed by atoms with Crippen LogP contribution in [0.4, 0.5) is 23.7 Å². The number of halogens is 4. The number of alkyl halides is 3. The number of aromatic nitrogens is 1. The average molecular weight is 457 g/mol. The Kier molecular flexibility index (Phi) is 5.57. The van der Waals surface area contributed by atoms with E-state index in [-0.39, 0.29) is 17.9 Å². The summed E-state index contributed by atoms with van der Waals surface area (Å²) in [5.74, 6) is -0.0204. The van der Waals surface area contributed by atoms with Gasteiger partial charge in [0, 0.05) is 49.6 Å². The van der Waals surface area contributed by atoms with Gasteiger partial charge in [-0.3, -0.25) is 0 Å². The van der Waals surface area contributed by atoms with Gasteiger partial charge in [-0.25, -0.2) is 9.78 Å². The van der Waals surface area contributed by atoms with Crippen LogP contribution < -0.4 is 14.4 Å². The molecule has 1 saturated heterocycles. The average Bonchev–Trinajstić information content (AvgIpc) is 3.11. The molecule has 1 aliphatic heterocycles. The molecule has 31 heavy (non-hydrogen) atoms. The first-order valence-corrected chi connectivity index (χ1v) is 9.66. The standard InChI is InChI=1S/C20H16ClF3N2O5/c21-18-13-9-17(31-19(27)28)30-15(13)3-2-14(18)26-7-5-12(6-8-26)29-16-4-1-11(10-25-16)20(22,23)24/h1-4,9-10,12H,5-8H2,(H,27,28). The zero-order valence-corrected chi connectivity index (χ0v) is 16.6. The summed E-state index contributed by atoms with van der Waals surface area (Å²) in [7, 11) is 0. The van der Waals surface area contributed by atoms with Crippen molar-refractivity contribution < 1.29 is 37.0 Å². The van der Waals surface area contributed by atoms with E-state index in [4.69, 9.17) is 25.9 Å². The van der Waals surface area contributed by atoms with Crippen molar-refractivity contribution in [3.8, 4) is 11.8 Å². The monoisotopic (exact) mass is 456 g/mol. The number of carbonyl (C=O) groups is 1. The van der Waals surface area contributed by atoms with Gasteiger partial charge in [0.05, 0.1) is 16.3 Å². The van der Waals surface area contributed by atoms with Crippen LogP contribution in [0, 0.1) is 0 Å². The number of hydrogen-bond acceptors (Lipinski definition) is 6. The Hall–Kier alpha value is -3.14. The summed E-state index contributed by atoms with van der Waals surface area (Å²) in [5.41, 5.74) is 0.329. The molecule has 0 bridgehead atoms. The molecule has 1 aliphatic rings. The fraction of sp³-hybridized carbons (Fsp3) is 0.300. The second-order valence-corrected chi connectivity index (χ2v) is 7.31. The number of rotatable bonds is 4. The summed E-state index contributed by atoms with van der Waals surface area (Å²) >= 11 is 6.50. The number of benzene rings is 1. The van der Waals surface area contributed by atoms with E-state index in [9.17, 15) is 18.0 Å². The minimum Gasteiger partial charge on any atom is -0.474 e. The van der Waals surface area contributed by atoms with E-state index in [2.05, 4.69) is 9.72 Å². The molecule has 2 aromatic heterocycles. The molecule has 7 nitrogen and oxygen atoms in total. The quantitative estimate of drug-likeness (QED) is 0.511. The number of piperidine rings is 1. The van der Waals surface area contributed by atoms with Crippen LogP contribution in [-0.4, -0.2) is 35.4 Å². The topological polar surface area (TPSA) is 85.0 Å². The molecule has 11 heteroatoms. The Morgan fingerprint density at radius 3 is 2.58 bits per heavy atom. The minimum atomic E-state index is -4.44. The first-order valence-electron chi connectivity index (χ1n) is 9.28. The highest BCUT2D eigenvalue weighted by molar-refractivity contribution is 6.38. The summed E-state index contributed by atoms with van der Waals surface area (Å²) in [6.45, 7) is 1.21. The first-order chi connectivity index (χ1) is 14.7. The van der Waals surface area contributed by atoms with Crippen molar-refractivity contribution in [1.29, 1.82) is 0 Å². The highest BCUT2D eigenvalue weighted by Gasteiger charge is 2.31. The Morgan fingerprint density at radius 2 is 1.97 bits per heavy atom. The molecule has 0 spiro atoms. The number of ether oxygens (including phenoxy) is 2. The maximum Gasteiger partial charge on any atom is 0.513 e. The number of hydrogen-bond donors (Lipinski definition) is 1. The van der Waals surface area contributed by atoms with Crippen LogP contribution in [0.3, 0.4) is 0 Å². The Labute approximate surface area is 178 Å². The number of fused-ring (bicyclic) bond motifs is 1. The van der Waals surface area contributed by atoms with Crippen LogP contribution in [0.25, 0.3) is 11.0 Å². The lowest BCUT2D eigenvalue weighted by Crippen LogP contribution is -2.38. The third kappa shape index (κ3) is 4.63. The maximum absolute atomic E-state index is 12.6. The largest absolute Gasteiger partial charge is 0.513 e. The number of anilines is 1. The van der Waals surface area contributed by atoms with Crippen molar-refractivity contribution in [3.63, 3.8) is 0 Å². The predicted octanol–water partition coefficient (Wildman–Crippen LogP) is 5.60. The van der Waals surface area contributed by atoms with Gasteiger partial charge < -0.3 is 23.9 Å². The summed E-state index contributed by atoms with van der Waals surface area (Å²) in [4.78, 5) is 16.5. The Balaban J connectivity index is 1.41. The minimum absolute atomic E-state index is 0.148. The van der Waals surface area contributed by atoms with Crippen LogP contribution in [0.1, 0.15) is 18.4 Å². The molecule has 4 rings (SSSR count). The van der Waals surface area contributed by atoms with Gasteiger partial charge in [0.2, 0.25) is 5.88 Å². The highest BCUT2D eigenvalue weighted by atomic mass is 35.5. The molecule has 0 saturated carbocycles. The van der Waals surface area contributed by atoms with E-state index in [0.717, 1.165) is 18.0 Å². The summed E-state index contributed by atoms with van der Waals surface area (Å²) in [6.07, 6.45) is -4.11. The number of pyridine rings is 1. The molecule has 3 aromatic rings. The second kappa shape index (κ2) is 8.18. The molecule has 1 aromatic carbocycles. The molecular formula is C20H16ClF3N2O5. The first kappa shape index (κ1) is 21.1. The van der Waals surface area contributed by atoms with Gasteiger partial charge in [-0.05, 0) is 18.2 Å². The zero-order valence-electron chi connectivity index (χ0n) is 15.9. The normalized spacial score (nSPS) is 15.3. The fourth-order valence-corrected chi connectivity index (χ4v) is 3.76. The van der Waals surface area contributed by atoms with Gasteiger partial charge in [0.15, 0.2) is 0 Å². The zero-order chi connectivity index (χ0) is 22.2. The summed E-state index contributed by atoms with van der Waals surface area (Å²) < 4.78 is 53.5. The molecule has 0 radical (unpaired) electrons. The van der Waals surface area contributed by atoms with Gasteiger partial charge >= 0.3 is 12.3 Å². The lowest BCUT2D eigenvalue weighted by Gasteiger charge is -2.34. The lowest BCUT2D eigenvalue weighted by molar-refractivity contribution is -0.137. The van der Waals surface area contributed by atoms with E-state index < -0.39 is 17.9 Å². The van der Waals surface area contributed by atoms with Gasteiger partial charge in [0.1, 0.15) is 11.7 Å². The maximum atomic E-state index is 12.6.